The zero-order chi connectivity index (χ0) is 19.6. The highest BCUT2D eigenvalue weighted by atomic mass is 19.3. The number of alkyl halides is 2. The molecule has 0 bridgehead atoms. The van der Waals surface area contributed by atoms with Crippen LogP contribution in [0.5, 0.6) is 0 Å². The maximum atomic E-state index is 13.8. The molecule has 1 rings (SSSR count). The van der Waals surface area contributed by atoms with Crippen LogP contribution < -0.4 is 0 Å². The summed E-state index contributed by atoms with van der Waals surface area (Å²) in [5.74, 6) is -3.83. The van der Waals surface area contributed by atoms with Crippen molar-refractivity contribution in [3.05, 3.63) is 0 Å². The van der Waals surface area contributed by atoms with Gasteiger partial charge in [-0.05, 0) is 38.0 Å². The zero-order valence-corrected chi connectivity index (χ0v) is 15.9. The van der Waals surface area contributed by atoms with Crippen LogP contribution in [0.4, 0.5) is 8.78 Å². The monoisotopic (exact) mass is 376 g/mol. The molecule has 152 valence electrons. The molecule has 0 aromatic rings. The summed E-state index contributed by atoms with van der Waals surface area (Å²) in [6.45, 7) is 1.89. The maximum Gasteiger partial charge on any atom is 0.303 e. The summed E-state index contributed by atoms with van der Waals surface area (Å²) in [4.78, 5) is 22.6. The van der Waals surface area contributed by atoms with Crippen LogP contribution in [0.1, 0.15) is 90.4 Å². The first kappa shape index (κ1) is 23.0. The number of aliphatic hydroxyl groups is 1. The zero-order valence-electron chi connectivity index (χ0n) is 15.9. The van der Waals surface area contributed by atoms with Crippen molar-refractivity contribution in [2.24, 2.45) is 11.8 Å². The second kappa shape index (κ2) is 11.6. The summed E-state index contributed by atoms with van der Waals surface area (Å²) in [6.07, 6.45) is 5.18. The molecular formula is C20H34F2O4. The molecule has 0 radical (unpaired) electrons. The Morgan fingerprint density at radius 3 is 2.38 bits per heavy atom. The van der Waals surface area contributed by atoms with E-state index in [1.54, 1.807) is 0 Å². The molecule has 1 fully saturated rings. The maximum absolute atomic E-state index is 13.8. The Labute approximate surface area is 155 Å². The molecule has 1 aliphatic carbocycles. The Hall–Kier alpha value is -1.04. The van der Waals surface area contributed by atoms with E-state index in [2.05, 4.69) is 0 Å². The Morgan fingerprint density at radius 1 is 1.08 bits per heavy atom. The summed E-state index contributed by atoms with van der Waals surface area (Å²) < 4.78 is 27.5. The van der Waals surface area contributed by atoms with Crippen molar-refractivity contribution in [2.75, 3.05) is 0 Å². The van der Waals surface area contributed by atoms with E-state index in [4.69, 9.17) is 5.11 Å². The Morgan fingerprint density at radius 2 is 1.73 bits per heavy atom. The van der Waals surface area contributed by atoms with Gasteiger partial charge in [0.15, 0.2) is 0 Å². The number of carbonyl (C=O) groups is 2. The molecule has 0 spiro atoms. The Kier molecular flexibility index (Phi) is 10.3. The van der Waals surface area contributed by atoms with Crippen LogP contribution in [0.25, 0.3) is 0 Å². The smallest absolute Gasteiger partial charge is 0.303 e. The van der Waals surface area contributed by atoms with Crippen molar-refractivity contribution in [1.82, 2.24) is 0 Å². The number of aliphatic hydroxyl groups excluding tert-OH is 1. The van der Waals surface area contributed by atoms with Crippen LogP contribution in [0.2, 0.25) is 0 Å². The molecule has 0 saturated heterocycles. The largest absolute Gasteiger partial charge is 0.481 e. The van der Waals surface area contributed by atoms with Crippen molar-refractivity contribution in [3.8, 4) is 0 Å². The van der Waals surface area contributed by atoms with Gasteiger partial charge in [-0.25, -0.2) is 8.78 Å². The minimum absolute atomic E-state index is 0.0470. The van der Waals surface area contributed by atoms with E-state index in [9.17, 15) is 23.5 Å². The number of carboxylic acids is 1. The van der Waals surface area contributed by atoms with Crippen molar-refractivity contribution in [3.63, 3.8) is 0 Å². The average molecular weight is 376 g/mol. The predicted molar refractivity (Wildman–Crippen MR) is 96.3 cm³/mol. The second-order valence-electron chi connectivity index (χ2n) is 7.71. The van der Waals surface area contributed by atoms with Crippen LogP contribution in [0.15, 0.2) is 0 Å². The van der Waals surface area contributed by atoms with E-state index >= 15 is 0 Å². The third kappa shape index (κ3) is 8.56. The van der Waals surface area contributed by atoms with Crippen LogP contribution >= 0.6 is 0 Å². The molecule has 0 aliphatic heterocycles. The summed E-state index contributed by atoms with van der Waals surface area (Å²) in [5.41, 5.74) is 0. The van der Waals surface area contributed by atoms with Gasteiger partial charge in [-0.3, -0.25) is 9.59 Å². The summed E-state index contributed by atoms with van der Waals surface area (Å²) in [6, 6.07) is 0. The molecule has 4 nitrogen and oxygen atoms in total. The van der Waals surface area contributed by atoms with Gasteiger partial charge in [0, 0.05) is 31.6 Å². The number of hydrogen-bond donors (Lipinski definition) is 2. The fraction of sp³-hybridized carbons (Fsp3) is 0.900. The summed E-state index contributed by atoms with van der Waals surface area (Å²) >= 11 is 0. The molecular weight excluding hydrogens is 342 g/mol. The first-order chi connectivity index (χ1) is 12.3. The molecule has 0 aromatic heterocycles. The lowest BCUT2D eigenvalue weighted by Crippen LogP contribution is -2.22. The van der Waals surface area contributed by atoms with Crippen LogP contribution in [0, 0.1) is 11.8 Å². The van der Waals surface area contributed by atoms with Crippen LogP contribution in [-0.4, -0.2) is 34.0 Å². The number of aliphatic carboxylic acids is 1. The van der Waals surface area contributed by atoms with Gasteiger partial charge in [-0.1, -0.05) is 32.6 Å². The normalized spacial score (nSPS) is 23.5. The third-order valence-corrected chi connectivity index (χ3v) is 5.47. The molecule has 1 saturated carbocycles. The van der Waals surface area contributed by atoms with Gasteiger partial charge in [-0.15, -0.1) is 0 Å². The molecule has 0 heterocycles. The van der Waals surface area contributed by atoms with E-state index in [0.717, 1.165) is 25.7 Å². The van der Waals surface area contributed by atoms with E-state index in [1.807, 2.05) is 6.92 Å². The molecule has 0 unspecified atom stereocenters. The number of carbonyl (C=O) groups excluding carboxylic acids is 1. The van der Waals surface area contributed by atoms with Crippen molar-refractivity contribution in [2.45, 2.75) is 102 Å². The number of unbranched alkanes of at least 4 members (excludes halogenated alkanes) is 4. The highest BCUT2D eigenvalue weighted by Gasteiger charge is 2.41. The predicted octanol–water partition coefficient (Wildman–Crippen LogP) is 4.97. The van der Waals surface area contributed by atoms with Crippen molar-refractivity contribution < 1.29 is 28.6 Å². The summed E-state index contributed by atoms with van der Waals surface area (Å²) in [7, 11) is 0. The minimum atomic E-state index is -2.65. The van der Waals surface area contributed by atoms with E-state index in [0.29, 0.717) is 32.1 Å². The third-order valence-electron chi connectivity index (χ3n) is 5.47. The molecule has 0 amide bonds. The number of carboxylic acid groups (broad SMARTS) is 1. The van der Waals surface area contributed by atoms with Gasteiger partial charge in [0.2, 0.25) is 5.92 Å². The van der Waals surface area contributed by atoms with Gasteiger partial charge < -0.3 is 10.2 Å². The first-order valence-electron chi connectivity index (χ1n) is 10.1. The van der Waals surface area contributed by atoms with Gasteiger partial charge in [0.05, 0.1) is 6.10 Å². The van der Waals surface area contributed by atoms with Crippen molar-refractivity contribution >= 4 is 11.8 Å². The number of halogens is 2. The highest BCUT2D eigenvalue weighted by Crippen LogP contribution is 2.38. The quantitative estimate of drug-likeness (QED) is 0.420. The average Bonchev–Trinajstić information content (AvgIpc) is 2.82. The molecule has 6 heteroatoms. The second-order valence-corrected chi connectivity index (χ2v) is 7.71. The number of hydrogen-bond acceptors (Lipinski definition) is 3. The minimum Gasteiger partial charge on any atom is -0.481 e. The highest BCUT2D eigenvalue weighted by molar-refractivity contribution is 5.84. The fourth-order valence-electron chi connectivity index (χ4n) is 3.94. The van der Waals surface area contributed by atoms with E-state index < -0.39 is 18.0 Å². The molecule has 1 aliphatic rings. The number of Topliss-reactive ketones (excluding diaryl/α,β-unsaturated/α-hetero) is 1. The lowest BCUT2D eigenvalue weighted by atomic mass is 9.85. The van der Waals surface area contributed by atoms with Crippen molar-refractivity contribution in [1.29, 1.82) is 0 Å². The topological polar surface area (TPSA) is 74.6 Å². The Bertz CT molecular complexity index is 440. The molecule has 3 atom stereocenters. The van der Waals surface area contributed by atoms with Gasteiger partial charge in [0.25, 0.3) is 0 Å². The lowest BCUT2D eigenvalue weighted by Gasteiger charge is -2.22. The van der Waals surface area contributed by atoms with E-state index in [1.165, 1.54) is 0 Å². The molecule has 26 heavy (non-hydrogen) atoms. The van der Waals surface area contributed by atoms with Crippen LogP contribution in [0.3, 0.4) is 0 Å². The standard InChI is InChI=1S/C20H34F2O4/c1-2-3-12-20(21,22)13-8-10-16-15(17(23)14-18(16)24)9-6-4-5-7-11-19(25)26/h15-16,18,24H,2-14H2,1H3,(H,25,26)/t15-,16-,18-/m1/s1. The fourth-order valence-corrected chi connectivity index (χ4v) is 3.94. The number of rotatable bonds is 14. The lowest BCUT2D eigenvalue weighted by molar-refractivity contribution is -0.137. The summed E-state index contributed by atoms with van der Waals surface area (Å²) in [5, 5.41) is 18.7. The first-order valence-corrected chi connectivity index (χ1v) is 10.1. The van der Waals surface area contributed by atoms with Gasteiger partial charge >= 0.3 is 5.97 Å². The van der Waals surface area contributed by atoms with Crippen LogP contribution in [-0.2, 0) is 9.59 Å². The van der Waals surface area contributed by atoms with Gasteiger partial charge in [0.1, 0.15) is 5.78 Å². The molecule has 2 N–H and O–H groups in total. The molecule has 0 aromatic carbocycles. The SMILES string of the molecule is CCCCC(F)(F)CCC[C@H]1[C@H](O)CC(=O)[C@@H]1CCCCCCC(=O)O. The van der Waals surface area contributed by atoms with E-state index in [-0.39, 0.29) is 43.3 Å². The number of ketones is 1. The van der Waals surface area contributed by atoms with Gasteiger partial charge in [-0.2, -0.15) is 0 Å². The Balaban J connectivity index is 2.34.